The quantitative estimate of drug-likeness (QED) is 0.880. The summed E-state index contributed by atoms with van der Waals surface area (Å²) in [6.45, 7) is 1.77. The number of hydrogen-bond donors (Lipinski definition) is 2. The van der Waals surface area contributed by atoms with Gasteiger partial charge in [0, 0.05) is 44.1 Å². The van der Waals surface area contributed by atoms with E-state index in [1.807, 2.05) is 36.4 Å². The van der Waals surface area contributed by atoms with Crippen LogP contribution in [0.3, 0.4) is 0 Å². The Morgan fingerprint density at radius 2 is 1.96 bits per heavy atom. The highest BCUT2D eigenvalue weighted by atomic mass is 16.3. The molecule has 1 unspecified atom stereocenters. The monoisotopic (exact) mass is 326 g/mol. The lowest BCUT2D eigenvalue weighted by molar-refractivity contribution is -0.130. The fourth-order valence-electron chi connectivity index (χ4n) is 3.08. The first kappa shape index (κ1) is 16.5. The smallest absolute Gasteiger partial charge is 0.251 e. The van der Waals surface area contributed by atoms with E-state index in [0.717, 1.165) is 17.2 Å². The first-order valence-electron chi connectivity index (χ1n) is 8.33. The second kappa shape index (κ2) is 7.45. The van der Waals surface area contributed by atoms with E-state index in [1.165, 1.54) is 0 Å². The molecule has 0 radical (unpaired) electrons. The van der Waals surface area contributed by atoms with Gasteiger partial charge in [0.05, 0.1) is 0 Å². The maximum absolute atomic E-state index is 12.2. The number of carbonyl (C=O) groups is 2. The van der Waals surface area contributed by atoms with Crippen LogP contribution in [0.5, 0.6) is 0 Å². The molecule has 3 rings (SSSR count). The van der Waals surface area contributed by atoms with Gasteiger partial charge in [-0.25, -0.2) is 0 Å². The van der Waals surface area contributed by atoms with Crippen LogP contribution in [0.1, 0.15) is 23.2 Å². The zero-order chi connectivity index (χ0) is 16.9. The summed E-state index contributed by atoms with van der Waals surface area (Å²) in [7, 11) is 0. The summed E-state index contributed by atoms with van der Waals surface area (Å²) in [6.07, 6.45) is 1.14. The molecule has 0 saturated carbocycles. The summed E-state index contributed by atoms with van der Waals surface area (Å²) in [5.74, 6) is 0.0640. The summed E-state index contributed by atoms with van der Waals surface area (Å²) in [5, 5.41) is 14.0. The minimum atomic E-state index is -0.164. The predicted molar refractivity (Wildman–Crippen MR) is 92.7 cm³/mol. The molecule has 1 aliphatic rings. The minimum absolute atomic E-state index is 0.0322. The lowest BCUT2D eigenvalue weighted by Gasteiger charge is -2.16. The molecule has 2 aromatic rings. The van der Waals surface area contributed by atoms with Gasteiger partial charge in [0.15, 0.2) is 0 Å². The van der Waals surface area contributed by atoms with Gasteiger partial charge in [0.2, 0.25) is 5.91 Å². The van der Waals surface area contributed by atoms with Crippen molar-refractivity contribution in [1.82, 2.24) is 10.2 Å². The number of benzene rings is 2. The Bertz CT molecular complexity index is 744. The predicted octanol–water partition coefficient (Wildman–Crippen LogP) is 1.80. The van der Waals surface area contributed by atoms with Gasteiger partial charge < -0.3 is 15.3 Å². The molecule has 0 bridgehead atoms. The number of carbonyl (C=O) groups excluding carboxylic acids is 2. The SMILES string of the molecule is O=C(NCCC(=O)N1CCC(CO)C1)c1ccc2ccccc2c1. The number of aliphatic hydroxyl groups excluding tert-OH is 1. The van der Waals surface area contributed by atoms with Crippen LogP contribution < -0.4 is 5.32 Å². The van der Waals surface area contributed by atoms with Gasteiger partial charge in [-0.15, -0.1) is 0 Å². The van der Waals surface area contributed by atoms with E-state index in [1.54, 1.807) is 11.0 Å². The van der Waals surface area contributed by atoms with E-state index < -0.39 is 0 Å². The van der Waals surface area contributed by atoms with Gasteiger partial charge in [-0.1, -0.05) is 30.3 Å². The molecule has 0 spiro atoms. The van der Waals surface area contributed by atoms with Crippen molar-refractivity contribution in [2.75, 3.05) is 26.2 Å². The van der Waals surface area contributed by atoms with E-state index in [4.69, 9.17) is 5.11 Å². The Labute approximate surface area is 141 Å². The van der Waals surface area contributed by atoms with Crippen LogP contribution in [-0.4, -0.2) is 48.1 Å². The average molecular weight is 326 g/mol. The summed E-state index contributed by atoms with van der Waals surface area (Å²) in [4.78, 5) is 26.1. The van der Waals surface area contributed by atoms with Crippen LogP contribution in [-0.2, 0) is 4.79 Å². The van der Waals surface area contributed by atoms with Crippen molar-refractivity contribution >= 4 is 22.6 Å². The van der Waals surface area contributed by atoms with Gasteiger partial charge >= 0.3 is 0 Å². The van der Waals surface area contributed by atoms with E-state index in [-0.39, 0.29) is 30.8 Å². The molecular formula is C19H22N2O3. The number of hydrogen-bond acceptors (Lipinski definition) is 3. The number of amides is 2. The molecule has 2 N–H and O–H groups in total. The van der Waals surface area contributed by atoms with Crippen LogP contribution in [0.25, 0.3) is 10.8 Å². The van der Waals surface area contributed by atoms with Crippen molar-refractivity contribution in [2.24, 2.45) is 5.92 Å². The maximum Gasteiger partial charge on any atom is 0.251 e. The van der Waals surface area contributed by atoms with Gasteiger partial charge in [-0.2, -0.15) is 0 Å². The van der Waals surface area contributed by atoms with Crippen LogP contribution in [0, 0.1) is 5.92 Å². The van der Waals surface area contributed by atoms with E-state index >= 15 is 0 Å². The Morgan fingerprint density at radius 1 is 1.17 bits per heavy atom. The number of rotatable bonds is 5. The summed E-state index contributed by atoms with van der Waals surface area (Å²) in [6, 6.07) is 13.5. The first-order valence-corrected chi connectivity index (χ1v) is 8.33. The second-order valence-electron chi connectivity index (χ2n) is 6.24. The maximum atomic E-state index is 12.2. The molecule has 5 heteroatoms. The standard InChI is InChI=1S/C19H22N2O3/c22-13-14-8-10-21(12-14)18(23)7-9-20-19(24)17-6-5-15-3-1-2-4-16(15)11-17/h1-6,11,14,22H,7-10,12-13H2,(H,20,24). The van der Waals surface area contributed by atoms with Crippen molar-refractivity contribution in [1.29, 1.82) is 0 Å². The minimum Gasteiger partial charge on any atom is -0.396 e. The molecule has 1 heterocycles. The van der Waals surface area contributed by atoms with Crippen LogP contribution >= 0.6 is 0 Å². The molecule has 0 aliphatic carbocycles. The number of likely N-dealkylation sites (tertiary alicyclic amines) is 1. The van der Waals surface area contributed by atoms with Gasteiger partial charge in [0.1, 0.15) is 0 Å². The molecule has 2 amide bonds. The third kappa shape index (κ3) is 3.74. The summed E-state index contributed by atoms with van der Waals surface area (Å²) >= 11 is 0. The highest BCUT2D eigenvalue weighted by molar-refractivity contribution is 5.98. The van der Waals surface area contributed by atoms with Gasteiger partial charge in [0.25, 0.3) is 5.91 Å². The van der Waals surface area contributed by atoms with Crippen molar-refractivity contribution in [2.45, 2.75) is 12.8 Å². The highest BCUT2D eigenvalue weighted by Crippen LogP contribution is 2.17. The lowest BCUT2D eigenvalue weighted by atomic mass is 10.1. The normalized spacial score (nSPS) is 17.2. The number of nitrogens with zero attached hydrogens (tertiary/aromatic N) is 1. The van der Waals surface area contributed by atoms with E-state index in [9.17, 15) is 9.59 Å². The molecule has 2 aromatic carbocycles. The number of fused-ring (bicyclic) bond motifs is 1. The van der Waals surface area contributed by atoms with Crippen molar-refractivity contribution in [3.63, 3.8) is 0 Å². The Hall–Kier alpha value is -2.40. The molecular weight excluding hydrogens is 304 g/mol. The topological polar surface area (TPSA) is 69.6 Å². The van der Waals surface area contributed by atoms with Crippen LogP contribution in [0.4, 0.5) is 0 Å². The first-order chi connectivity index (χ1) is 11.7. The average Bonchev–Trinajstić information content (AvgIpc) is 3.10. The van der Waals surface area contributed by atoms with Crippen molar-refractivity contribution < 1.29 is 14.7 Å². The zero-order valence-corrected chi connectivity index (χ0v) is 13.6. The molecule has 5 nitrogen and oxygen atoms in total. The van der Waals surface area contributed by atoms with E-state index in [2.05, 4.69) is 5.32 Å². The molecule has 0 aromatic heterocycles. The second-order valence-corrected chi connectivity index (χ2v) is 6.24. The fraction of sp³-hybridized carbons (Fsp3) is 0.368. The van der Waals surface area contributed by atoms with Gasteiger partial charge in [-0.05, 0) is 29.3 Å². The molecule has 126 valence electrons. The molecule has 1 fully saturated rings. The van der Waals surface area contributed by atoms with Crippen molar-refractivity contribution in [3.05, 3.63) is 48.0 Å². The third-order valence-electron chi connectivity index (χ3n) is 4.53. The molecule has 1 atom stereocenters. The van der Waals surface area contributed by atoms with Crippen LogP contribution in [0.15, 0.2) is 42.5 Å². The van der Waals surface area contributed by atoms with Crippen LogP contribution in [0.2, 0.25) is 0 Å². The summed E-state index contributed by atoms with van der Waals surface area (Å²) in [5.41, 5.74) is 0.600. The van der Waals surface area contributed by atoms with Gasteiger partial charge in [-0.3, -0.25) is 9.59 Å². The fourth-order valence-corrected chi connectivity index (χ4v) is 3.08. The molecule has 1 saturated heterocycles. The highest BCUT2D eigenvalue weighted by Gasteiger charge is 2.25. The van der Waals surface area contributed by atoms with E-state index in [0.29, 0.717) is 25.2 Å². The third-order valence-corrected chi connectivity index (χ3v) is 4.53. The Kier molecular flexibility index (Phi) is 5.11. The largest absolute Gasteiger partial charge is 0.396 e. The Morgan fingerprint density at radius 3 is 2.71 bits per heavy atom. The van der Waals surface area contributed by atoms with Crippen molar-refractivity contribution in [3.8, 4) is 0 Å². The Balaban J connectivity index is 1.50. The lowest BCUT2D eigenvalue weighted by Crippen LogP contribution is -2.33. The summed E-state index contributed by atoms with van der Waals surface area (Å²) < 4.78 is 0. The molecule has 24 heavy (non-hydrogen) atoms. The molecule has 1 aliphatic heterocycles. The number of nitrogens with one attached hydrogen (secondary N) is 1. The number of aliphatic hydroxyl groups is 1. The zero-order valence-electron chi connectivity index (χ0n) is 13.6.